The first-order valence-corrected chi connectivity index (χ1v) is 8.33. The van der Waals surface area contributed by atoms with E-state index in [9.17, 15) is 4.79 Å². The molecule has 1 N–H and O–H groups in total. The fourth-order valence-corrected chi connectivity index (χ4v) is 3.84. The van der Waals surface area contributed by atoms with Crippen LogP contribution in [-0.4, -0.2) is 29.1 Å². The minimum absolute atomic E-state index is 0.0225. The Kier molecular flexibility index (Phi) is 4.02. The van der Waals surface area contributed by atoms with Crippen LogP contribution >= 0.6 is 34.4 Å². The number of carbonyl (C=O) groups excluding carboxylic acids is 1. The molecule has 0 saturated heterocycles. The molecule has 0 saturated carbocycles. The number of hydrogen-bond donors (Lipinski definition) is 1. The standard InChI is InChI=1S/C14H14IN3OS/c1-9-6-10(15)2-3-12(9)17-13(19)7-11-8-20-14-16-4-5-18(11)14/h2-3,6,8H,4-5,7H2,1H3,(H,17,19). The molecule has 0 fully saturated rings. The van der Waals surface area contributed by atoms with E-state index in [0.29, 0.717) is 6.42 Å². The second-order valence-corrected chi connectivity index (χ2v) is 6.81. The van der Waals surface area contributed by atoms with Crippen molar-refractivity contribution in [2.24, 2.45) is 4.99 Å². The lowest BCUT2D eigenvalue weighted by Gasteiger charge is -2.16. The van der Waals surface area contributed by atoms with Crippen LogP contribution in [0.4, 0.5) is 5.69 Å². The summed E-state index contributed by atoms with van der Waals surface area (Å²) in [6, 6.07) is 6.01. The Hall–Kier alpha value is -1.02. The molecule has 20 heavy (non-hydrogen) atoms. The normalized spacial score (nSPS) is 16.8. The number of anilines is 1. The predicted octanol–water partition coefficient (Wildman–Crippen LogP) is 3.19. The molecule has 104 valence electrons. The van der Waals surface area contributed by atoms with E-state index in [1.54, 1.807) is 11.8 Å². The number of nitrogens with one attached hydrogen (secondary N) is 1. The van der Waals surface area contributed by atoms with Gasteiger partial charge in [-0.1, -0.05) is 11.8 Å². The molecule has 1 aromatic carbocycles. The van der Waals surface area contributed by atoms with Crippen molar-refractivity contribution in [3.8, 4) is 0 Å². The first-order valence-electron chi connectivity index (χ1n) is 6.37. The number of amidine groups is 1. The molecule has 4 nitrogen and oxygen atoms in total. The van der Waals surface area contributed by atoms with E-state index in [4.69, 9.17) is 0 Å². The first kappa shape index (κ1) is 13.9. The molecule has 3 rings (SSSR count). The van der Waals surface area contributed by atoms with Gasteiger partial charge in [0.2, 0.25) is 5.91 Å². The third kappa shape index (κ3) is 2.85. The number of fused-ring (bicyclic) bond motifs is 1. The van der Waals surface area contributed by atoms with E-state index in [1.165, 1.54) is 3.57 Å². The number of benzene rings is 1. The number of aryl methyl sites for hydroxylation is 1. The smallest absolute Gasteiger partial charge is 0.230 e. The highest BCUT2D eigenvalue weighted by Crippen LogP contribution is 2.31. The van der Waals surface area contributed by atoms with Gasteiger partial charge in [0.1, 0.15) is 0 Å². The molecule has 2 heterocycles. The van der Waals surface area contributed by atoms with Crippen LogP contribution in [0, 0.1) is 10.5 Å². The summed E-state index contributed by atoms with van der Waals surface area (Å²) in [4.78, 5) is 18.7. The van der Waals surface area contributed by atoms with Gasteiger partial charge in [0.05, 0.1) is 13.0 Å². The molecule has 6 heteroatoms. The largest absolute Gasteiger partial charge is 0.326 e. The van der Waals surface area contributed by atoms with Gasteiger partial charge in [-0.2, -0.15) is 0 Å². The first-order chi connectivity index (χ1) is 9.63. The molecule has 0 unspecified atom stereocenters. The van der Waals surface area contributed by atoms with Crippen LogP contribution in [0.3, 0.4) is 0 Å². The number of thioether (sulfide) groups is 1. The molecule has 0 radical (unpaired) electrons. The van der Waals surface area contributed by atoms with Gasteiger partial charge in [-0.05, 0) is 58.7 Å². The molecule has 2 aliphatic heterocycles. The fourth-order valence-electron chi connectivity index (χ4n) is 2.24. The molecule has 1 amide bonds. The van der Waals surface area contributed by atoms with Gasteiger partial charge in [-0.3, -0.25) is 9.79 Å². The zero-order chi connectivity index (χ0) is 14.1. The van der Waals surface area contributed by atoms with Gasteiger partial charge in [-0.25, -0.2) is 0 Å². The van der Waals surface area contributed by atoms with Crippen LogP contribution in [0.15, 0.2) is 34.3 Å². The Labute approximate surface area is 135 Å². The van der Waals surface area contributed by atoms with E-state index >= 15 is 0 Å². The second-order valence-electron chi connectivity index (χ2n) is 4.73. The van der Waals surface area contributed by atoms with E-state index in [-0.39, 0.29) is 5.91 Å². The van der Waals surface area contributed by atoms with Crippen molar-refractivity contribution < 1.29 is 4.79 Å². The third-order valence-corrected chi connectivity index (χ3v) is 4.87. The highest BCUT2D eigenvalue weighted by Gasteiger charge is 2.27. The monoisotopic (exact) mass is 399 g/mol. The fraction of sp³-hybridized carbons (Fsp3) is 0.286. The number of rotatable bonds is 3. The summed E-state index contributed by atoms with van der Waals surface area (Å²) in [5.41, 5.74) is 3.02. The number of nitrogens with zero attached hydrogens (tertiary/aromatic N) is 2. The van der Waals surface area contributed by atoms with Gasteiger partial charge in [0.15, 0.2) is 5.17 Å². The summed E-state index contributed by atoms with van der Waals surface area (Å²) in [6.45, 7) is 3.73. The molecule has 0 aromatic heterocycles. The lowest BCUT2D eigenvalue weighted by Crippen LogP contribution is -2.24. The van der Waals surface area contributed by atoms with Crippen LogP contribution in [0.2, 0.25) is 0 Å². The number of aliphatic imine (C=N–C) groups is 1. The quantitative estimate of drug-likeness (QED) is 0.795. The number of amides is 1. The maximum atomic E-state index is 12.2. The highest BCUT2D eigenvalue weighted by atomic mass is 127. The Balaban J connectivity index is 1.64. The average molecular weight is 399 g/mol. The van der Waals surface area contributed by atoms with Crippen molar-refractivity contribution in [1.82, 2.24) is 4.90 Å². The predicted molar refractivity (Wildman–Crippen MR) is 91.8 cm³/mol. The Morgan fingerprint density at radius 3 is 3.20 bits per heavy atom. The van der Waals surface area contributed by atoms with Crippen molar-refractivity contribution >= 4 is 51.1 Å². The molecule has 0 bridgehead atoms. The summed E-state index contributed by atoms with van der Waals surface area (Å²) in [5.74, 6) is 0.0225. The summed E-state index contributed by atoms with van der Waals surface area (Å²) < 4.78 is 1.17. The minimum Gasteiger partial charge on any atom is -0.326 e. The van der Waals surface area contributed by atoms with Crippen LogP contribution in [0.5, 0.6) is 0 Å². The SMILES string of the molecule is Cc1cc(I)ccc1NC(=O)CC1=CSC2=NCCN12. The summed E-state index contributed by atoms with van der Waals surface area (Å²) in [7, 11) is 0. The lowest BCUT2D eigenvalue weighted by atomic mass is 10.2. The molecule has 0 spiro atoms. The van der Waals surface area contributed by atoms with Gasteiger partial charge < -0.3 is 10.2 Å². The Morgan fingerprint density at radius 1 is 1.55 bits per heavy atom. The zero-order valence-electron chi connectivity index (χ0n) is 11.0. The van der Waals surface area contributed by atoms with E-state index in [1.807, 2.05) is 24.5 Å². The van der Waals surface area contributed by atoms with Gasteiger partial charge in [-0.15, -0.1) is 0 Å². The molecule has 1 aromatic rings. The Bertz CT molecular complexity index is 627. The number of hydrogen-bond acceptors (Lipinski definition) is 4. The third-order valence-electron chi connectivity index (χ3n) is 3.25. The van der Waals surface area contributed by atoms with Crippen LogP contribution in [-0.2, 0) is 4.79 Å². The van der Waals surface area contributed by atoms with Gasteiger partial charge in [0.25, 0.3) is 0 Å². The van der Waals surface area contributed by atoms with Crippen LogP contribution < -0.4 is 5.32 Å². The zero-order valence-corrected chi connectivity index (χ0v) is 14.0. The van der Waals surface area contributed by atoms with Gasteiger partial charge >= 0.3 is 0 Å². The van der Waals surface area contributed by atoms with Crippen molar-refractivity contribution in [1.29, 1.82) is 0 Å². The van der Waals surface area contributed by atoms with E-state index < -0.39 is 0 Å². The van der Waals surface area contributed by atoms with Gasteiger partial charge in [0, 0.05) is 21.5 Å². The van der Waals surface area contributed by atoms with E-state index in [0.717, 1.165) is 35.2 Å². The molecule has 0 aliphatic carbocycles. The summed E-state index contributed by atoms with van der Waals surface area (Å²) in [6.07, 6.45) is 0.400. The molecular weight excluding hydrogens is 385 g/mol. The molecule has 2 aliphatic rings. The van der Waals surface area contributed by atoms with Crippen molar-refractivity contribution in [2.75, 3.05) is 18.4 Å². The highest BCUT2D eigenvalue weighted by molar-refractivity contribution is 14.1. The average Bonchev–Trinajstić information content (AvgIpc) is 2.98. The topological polar surface area (TPSA) is 44.7 Å². The van der Waals surface area contributed by atoms with Crippen LogP contribution in [0.1, 0.15) is 12.0 Å². The van der Waals surface area contributed by atoms with Crippen LogP contribution in [0.25, 0.3) is 0 Å². The maximum Gasteiger partial charge on any atom is 0.230 e. The minimum atomic E-state index is 0.0225. The second kappa shape index (κ2) is 5.77. The molecular formula is C14H14IN3OS. The summed E-state index contributed by atoms with van der Waals surface area (Å²) >= 11 is 3.88. The number of halogens is 1. The molecule has 0 atom stereocenters. The number of carbonyl (C=O) groups is 1. The summed E-state index contributed by atoms with van der Waals surface area (Å²) in [5, 5.41) is 6.04. The lowest BCUT2D eigenvalue weighted by molar-refractivity contribution is -0.115. The van der Waals surface area contributed by atoms with Crippen molar-refractivity contribution in [3.05, 3.63) is 38.4 Å². The van der Waals surface area contributed by atoms with Crippen molar-refractivity contribution in [3.63, 3.8) is 0 Å². The van der Waals surface area contributed by atoms with Crippen molar-refractivity contribution in [2.45, 2.75) is 13.3 Å². The maximum absolute atomic E-state index is 12.2. The van der Waals surface area contributed by atoms with E-state index in [2.05, 4.69) is 43.9 Å². The Morgan fingerprint density at radius 2 is 2.40 bits per heavy atom.